The van der Waals surface area contributed by atoms with E-state index >= 15 is 0 Å². The summed E-state index contributed by atoms with van der Waals surface area (Å²) in [6.07, 6.45) is 0. The van der Waals surface area contributed by atoms with Crippen molar-refractivity contribution in [3.63, 3.8) is 0 Å². The zero-order valence-corrected chi connectivity index (χ0v) is 11.5. The summed E-state index contributed by atoms with van der Waals surface area (Å²) in [5, 5.41) is 1.47. The van der Waals surface area contributed by atoms with Crippen LogP contribution in [0.5, 0.6) is 0 Å². The number of hydrogen-bond donors (Lipinski definition) is 2. The van der Waals surface area contributed by atoms with Crippen LogP contribution >= 0.6 is 11.8 Å². The van der Waals surface area contributed by atoms with Crippen LogP contribution in [0, 0.1) is 13.8 Å². The lowest BCUT2D eigenvalue weighted by molar-refractivity contribution is 0.896. The van der Waals surface area contributed by atoms with E-state index in [9.17, 15) is 0 Å². The first-order valence-corrected chi connectivity index (χ1v) is 6.67. The molecule has 3 rings (SSSR count). The van der Waals surface area contributed by atoms with Crippen LogP contribution in [0.4, 0.5) is 5.69 Å². The van der Waals surface area contributed by atoms with Gasteiger partial charge in [0.05, 0.1) is 11.0 Å². The Morgan fingerprint density at radius 1 is 1.05 bits per heavy atom. The summed E-state index contributed by atoms with van der Waals surface area (Å²) in [5.74, 6) is 0. The maximum atomic E-state index is 5.75. The fourth-order valence-corrected chi connectivity index (χ4v) is 2.74. The van der Waals surface area contributed by atoms with Gasteiger partial charge in [0.15, 0.2) is 10.3 Å². The maximum Gasteiger partial charge on any atom is 0.195 e. The molecule has 1 aromatic carbocycles. The molecule has 0 aliphatic rings. The predicted molar refractivity (Wildman–Crippen MR) is 76.1 cm³/mol. The van der Waals surface area contributed by atoms with E-state index in [1.807, 2.05) is 38.1 Å². The summed E-state index contributed by atoms with van der Waals surface area (Å²) in [6, 6.07) is 7.55. The summed E-state index contributed by atoms with van der Waals surface area (Å²) in [7, 11) is 0. The molecule has 0 amide bonds. The molecular weight excluding hydrogens is 258 g/mol. The molecule has 2 aromatic heterocycles. The summed E-state index contributed by atoms with van der Waals surface area (Å²) < 4.78 is 0. The Morgan fingerprint density at radius 2 is 1.79 bits per heavy atom. The Hall–Kier alpha value is -2.08. The SMILES string of the molecule is Cc1cc(C)nc(Sc2nc3ccc(N)cc3[nH]2)n1. The van der Waals surface area contributed by atoms with Crippen molar-refractivity contribution < 1.29 is 0 Å². The number of aromatic amines is 1. The normalized spacial score (nSPS) is 11.1. The van der Waals surface area contributed by atoms with E-state index in [0.29, 0.717) is 5.16 Å². The van der Waals surface area contributed by atoms with E-state index in [-0.39, 0.29) is 0 Å². The van der Waals surface area contributed by atoms with Crippen LogP contribution in [-0.4, -0.2) is 19.9 Å². The average molecular weight is 271 g/mol. The van der Waals surface area contributed by atoms with Gasteiger partial charge in [0.1, 0.15) is 0 Å². The molecule has 0 aliphatic carbocycles. The Bertz CT molecular complexity index is 730. The second kappa shape index (κ2) is 4.55. The maximum absolute atomic E-state index is 5.75. The Kier molecular flexibility index (Phi) is 2.87. The van der Waals surface area contributed by atoms with Gasteiger partial charge < -0.3 is 10.7 Å². The van der Waals surface area contributed by atoms with Gasteiger partial charge in [0, 0.05) is 17.1 Å². The van der Waals surface area contributed by atoms with E-state index in [4.69, 9.17) is 5.73 Å². The lowest BCUT2D eigenvalue weighted by Gasteiger charge is -1.99. The molecule has 0 saturated carbocycles. The summed E-state index contributed by atoms with van der Waals surface area (Å²) in [4.78, 5) is 16.5. The predicted octanol–water partition coefficient (Wildman–Crippen LogP) is 2.70. The van der Waals surface area contributed by atoms with Crippen molar-refractivity contribution in [1.82, 2.24) is 19.9 Å². The van der Waals surface area contributed by atoms with Crippen molar-refractivity contribution in [2.45, 2.75) is 24.2 Å². The van der Waals surface area contributed by atoms with Crippen molar-refractivity contribution in [1.29, 1.82) is 0 Å². The number of nitrogens with two attached hydrogens (primary N) is 1. The second-order valence-electron chi connectivity index (χ2n) is 4.35. The van der Waals surface area contributed by atoms with Gasteiger partial charge in [0.25, 0.3) is 0 Å². The van der Waals surface area contributed by atoms with Gasteiger partial charge in [-0.2, -0.15) is 0 Å². The smallest absolute Gasteiger partial charge is 0.195 e. The lowest BCUT2D eigenvalue weighted by Crippen LogP contribution is -1.92. The molecule has 0 bridgehead atoms. The topological polar surface area (TPSA) is 80.5 Å². The highest BCUT2D eigenvalue weighted by molar-refractivity contribution is 7.99. The van der Waals surface area contributed by atoms with Crippen molar-refractivity contribution in [3.8, 4) is 0 Å². The van der Waals surface area contributed by atoms with E-state index in [2.05, 4.69) is 19.9 Å². The minimum atomic E-state index is 0.699. The highest BCUT2D eigenvalue weighted by Gasteiger charge is 2.07. The monoisotopic (exact) mass is 271 g/mol. The van der Waals surface area contributed by atoms with Crippen molar-refractivity contribution in [2.75, 3.05) is 5.73 Å². The Labute approximate surface area is 114 Å². The van der Waals surface area contributed by atoms with Crippen LogP contribution in [0.3, 0.4) is 0 Å². The number of benzene rings is 1. The number of aryl methyl sites for hydroxylation is 2. The third kappa shape index (κ3) is 2.53. The molecule has 3 N–H and O–H groups in total. The summed E-state index contributed by atoms with van der Waals surface area (Å²) >= 11 is 1.42. The van der Waals surface area contributed by atoms with Gasteiger partial charge >= 0.3 is 0 Å². The Balaban J connectivity index is 1.96. The number of H-pyrrole nitrogens is 1. The summed E-state index contributed by atoms with van der Waals surface area (Å²) in [6.45, 7) is 3.91. The minimum Gasteiger partial charge on any atom is -0.399 e. The number of nitrogens with zero attached hydrogens (tertiary/aromatic N) is 3. The van der Waals surface area contributed by atoms with Crippen LogP contribution < -0.4 is 5.73 Å². The first kappa shape index (κ1) is 12.0. The molecule has 0 saturated heterocycles. The average Bonchev–Trinajstić information content (AvgIpc) is 2.68. The molecule has 0 spiro atoms. The van der Waals surface area contributed by atoms with E-state index in [0.717, 1.165) is 33.3 Å². The van der Waals surface area contributed by atoms with Crippen LogP contribution in [0.2, 0.25) is 0 Å². The quantitative estimate of drug-likeness (QED) is 0.553. The highest BCUT2D eigenvalue weighted by Crippen LogP contribution is 2.25. The molecule has 0 unspecified atom stereocenters. The Morgan fingerprint density at radius 3 is 2.53 bits per heavy atom. The number of hydrogen-bond acceptors (Lipinski definition) is 5. The van der Waals surface area contributed by atoms with Crippen molar-refractivity contribution in [3.05, 3.63) is 35.7 Å². The number of anilines is 1. The molecule has 96 valence electrons. The molecule has 2 heterocycles. The minimum absolute atomic E-state index is 0.699. The second-order valence-corrected chi connectivity index (χ2v) is 5.31. The van der Waals surface area contributed by atoms with Gasteiger partial charge in [0.2, 0.25) is 0 Å². The standard InChI is InChI=1S/C13H13N5S/c1-7-5-8(2)16-12(15-7)19-13-17-10-4-3-9(14)6-11(10)18-13/h3-6H,14H2,1-2H3,(H,17,18). The van der Waals surface area contributed by atoms with Gasteiger partial charge in [-0.25, -0.2) is 15.0 Å². The molecule has 0 fully saturated rings. The van der Waals surface area contributed by atoms with Gasteiger partial charge in [-0.1, -0.05) is 0 Å². The van der Waals surface area contributed by atoms with Crippen molar-refractivity contribution in [2.24, 2.45) is 0 Å². The number of fused-ring (bicyclic) bond motifs is 1. The molecule has 3 aromatic rings. The number of nitrogen functional groups attached to an aromatic ring is 1. The fourth-order valence-electron chi connectivity index (χ4n) is 1.88. The molecule has 0 aliphatic heterocycles. The van der Waals surface area contributed by atoms with Gasteiger partial charge in [-0.3, -0.25) is 0 Å². The molecule has 0 radical (unpaired) electrons. The zero-order valence-electron chi connectivity index (χ0n) is 10.6. The largest absolute Gasteiger partial charge is 0.399 e. The van der Waals surface area contributed by atoms with Gasteiger partial charge in [-0.05, 0) is 49.9 Å². The lowest BCUT2D eigenvalue weighted by atomic mass is 10.3. The third-order valence-electron chi connectivity index (χ3n) is 2.63. The first-order valence-electron chi connectivity index (χ1n) is 5.85. The molecular formula is C13H13N5S. The molecule has 0 atom stereocenters. The van der Waals surface area contributed by atoms with Gasteiger partial charge in [-0.15, -0.1) is 0 Å². The molecule has 19 heavy (non-hydrogen) atoms. The zero-order chi connectivity index (χ0) is 13.4. The molecule has 5 nitrogen and oxygen atoms in total. The third-order valence-corrected chi connectivity index (χ3v) is 3.39. The van der Waals surface area contributed by atoms with Crippen LogP contribution in [0.15, 0.2) is 34.6 Å². The molecule has 6 heteroatoms. The highest BCUT2D eigenvalue weighted by atomic mass is 32.2. The first-order chi connectivity index (χ1) is 9.10. The number of aromatic nitrogens is 4. The number of rotatable bonds is 2. The number of imidazole rings is 1. The number of nitrogens with one attached hydrogen (secondary N) is 1. The summed E-state index contributed by atoms with van der Waals surface area (Å²) in [5.41, 5.74) is 10.2. The van der Waals surface area contributed by atoms with Crippen LogP contribution in [0.25, 0.3) is 11.0 Å². The van der Waals surface area contributed by atoms with E-state index < -0.39 is 0 Å². The van der Waals surface area contributed by atoms with E-state index in [1.54, 1.807) is 0 Å². The van der Waals surface area contributed by atoms with Crippen molar-refractivity contribution >= 4 is 28.5 Å². The van der Waals surface area contributed by atoms with Crippen LogP contribution in [-0.2, 0) is 0 Å². The van der Waals surface area contributed by atoms with Crippen LogP contribution in [0.1, 0.15) is 11.4 Å². The fraction of sp³-hybridized carbons (Fsp3) is 0.154. The van der Waals surface area contributed by atoms with E-state index in [1.165, 1.54) is 11.8 Å².